The zero-order chi connectivity index (χ0) is 21.1. The molecular weight excluding hydrogens is 396 g/mol. The highest BCUT2D eigenvalue weighted by atomic mass is 32.1. The molecule has 7 heteroatoms. The number of ether oxygens (including phenoxy) is 1. The van der Waals surface area contributed by atoms with E-state index in [1.807, 2.05) is 67.7 Å². The summed E-state index contributed by atoms with van der Waals surface area (Å²) in [6.45, 7) is 3.58. The summed E-state index contributed by atoms with van der Waals surface area (Å²) in [7, 11) is 4.09. The minimum atomic E-state index is -0.419. The first kappa shape index (κ1) is 20.5. The lowest BCUT2D eigenvalue weighted by Gasteiger charge is -2.34. The molecule has 1 aliphatic rings. The predicted octanol–water partition coefficient (Wildman–Crippen LogP) is 4.33. The normalized spacial score (nSPS) is 15.9. The highest BCUT2D eigenvalue weighted by Crippen LogP contribution is 2.39. The summed E-state index contributed by atoms with van der Waals surface area (Å²) < 4.78 is 5.99. The lowest BCUT2D eigenvalue weighted by Crippen LogP contribution is -2.46. The lowest BCUT2D eigenvalue weighted by atomic mass is 10.1. The van der Waals surface area contributed by atoms with Gasteiger partial charge in [-0.05, 0) is 63.8 Å². The molecule has 0 saturated heterocycles. The SMILES string of the molecule is CCC1Oc2ccc(-c3csc(-c4ccccn4)n3)cc2N(CCCN(C)C)C1=O. The number of benzene rings is 1. The van der Waals surface area contributed by atoms with Crippen LogP contribution in [-0.4, -0.2) is 54.1 Å². The second kappa shape index (κ2) is 8.93. The topological polar surface area (TPSA) is 58.6 Å². The summed E-state index contributed by atoms with van der Waals surface area (Å²) in [6, 6.07) is 11.8. The van der Waals surface area contributed by atoms with Gasteiger partial charge in [0.1, 0.15) is 10.8 Å². The molecule has 0 aliphatic carbocycles. The fraction of sp³-hybridized carbons (Fsp3) is 0.348. The Kier molecular flexibility index (Phi) is 6.11. The van der Waals surface area contributed by atoms with E-state index < -0.39 is 6.10 Å². The number of fused-ring (bicyclic) bond motifs is 1. The minimum Gasteiger partial charge on any atom is -0.478 e. The van der Waals surface area contributed by atoms with E-state index in [4.69, 9.17) is 9.72 Å². The molecule has 6 nitrogen and oxygen atoms in total. The molecule has 1 unspecified atom stereocenters. The number of thiazole rings is 1. The molecule has 0 spiro atoms. The van der Waals surface area contributed by atoms with Crippen LogP contribution < -0.4 is 9.64 Å². The average molecular weight is 423 g/mol. The van der Waals surface area contributed by atoms with Crippen LogP contribution in [0, 0.1) is 0 Å². The molecule has 3 aromatic rings. The molecule has 1 aliphatic heterocycles. The van der Waals surface area contributed by atoms with Crippen LogP contribution >= 0.6 is 11.3 Å². The van der Waals surface area contributed by atoms with E-state index in [1.165, 1.54) is 0 Å². The zero-order valence-corrected chi connectivity index (χ0v) is 18.4. The fourth-order valence-electron chi connectivity index (χ4n) is 3.53. The van der Waals surface area contributed by atoms with Gasteiger partial charge in [0.15, 0.2) is 6.10 Å². The summed E-state index contributed by atoms with van der Waals surface area (Å²) >= 11 is 1.57. The Morgan fingerprint density at radius 2 is 2.07 bits per heavy atom. The highest BCUT2D eigenvalue weighted by Gasteiger charge is 2.33. The molecule has 0 radical (unpaired) electrons. The van der Waals surface area contributed by atoms with Gasteiger partial charge in [0.2, 0.25) is 0 Å². The standard InChI is InChI=1S/C23H26N4O2S/c1-4-20-23(28)27(13-7-12-26(2)3)19-14-16(9-10-21(19)29-20)18-15-30-22(25-18)17-8-5-6-11-24-17/h5-6,8-11,14-15,20H,4,7,12-13H2,1-3H3. The molecule has 2 aromatic heterocycles. The monoisotopic (exact) mass is 422 g/mol. The van der Waals surface area contributed by atoms with Crippen LogP contribution in [0.3, 0.4) is 0 Å². The fourth-order valence-corrected chi connectivity index (χ4v) is 4.33. The van der Waals surface area contributed by atoms with Crippen molar-refractivity contribution in [2.24, 2.45) is 0 Å². The number of pyridine rings is 1. The van der Waals surface area contributed by atoms with Crippen molar-refractivity contribution < 1.29 is 9.53 Å². The van der Waals surface area contributed by atoms with Crippen molar-refractivity contribution in [2.45, 2.75) is 25.9 Å². The van der Waals surface area contributed by atoms with Crippen LogP contribution in [0.25, 0.3) is 22.0 Å². The molecule has 0 fully saturated rings. The van der Waals surface area contributed by atoms with Crippen molar-refractivity contribution in [3.05, 3.63) is 48.0 Å². The number of hydrogen-bond acceptors (Lipinski definition) is 6. The maximum atomic E-state index is 13.0. The smallest absolute Gasteiger partial charge is 0.268 e. The third kappa shape index (κ3) is 4.22. The first-order chi connectivity index (χ1) is 14.6. The number of carbonyl (C=O) groups excluding carboxylic acids is 1. The van der Waals surface area contributed by atoms with Gasteiger partial charge in [0, 0.05) is 23.7 Å². The van der Waals surface area contributed by atoms with E-state index in [-0.39, 0.29) is 5.91 Å². The Labute approximate surface area is 181 Å². The number of amides is 1. The van der Waals surface area contributed by atoms with Crippen molar-refractivity contribution in [3.8, 4) is 27.7 Å². The molecule has 1 amide bonds. The Morgan fingerprint density at radius 3 is 2.80 bits per heavy atom. The van der Waals surface area contributed by atoms with Gasteiger partial charge in [0.25, 0.3) is 5.91 Å². The Morgan fingerprint density at radius 1 is 1.20 bits per heavy atom. The quantitative estimate of drug-likeness (QED) is 0.567. The number of carbonyl (C=O) groups is 1. The maximum absolute atomic E-state index is 13.0. The summed E-state index contributed by atoms with van der Waals surface area (Å²) in [5.41, 5.74) is 3.53. The first-order valence-electron chi connectivity index (χ1n) is 10.2. The Hall–Kier alpha value is -2.77. The Balaban J connectivity index is 1.65. The van der Waals surface area contributed by atoms with Gasteiger partial charge in [-0.1, -0.05) is 13.0 Å². The molecular formula is C23H26N4O2S. The number of anilines is 1. The molecule has 4 rings (SSSR count). The maximum Gasteiger partial charge on any atom is 0.268 e. The van der Waals surface area contributed by atoms with Crippen LogP contribution in [0.1, 0.15) is 19.8 Å². The molecule has 0 saturated carbocycles. The average Bonchev–Trinajstić information content (AvgIpc) is 3.25. The van der Waals surface area contributed by atoms with E-state index in [9.17, 15) is 4.79 Å². The summed E-state index contributed by atoms with van der Waals surface area (Å²) in [5, 5.41) is 2.91. The zero-order valence-electron chi connectivity index (χ0n) is 17.5. The van der Waals surface area contributed by atoms with Crippen molar-refractivity contribution in [3.63, 3.8) is 0 Å². The molecule has 1 aromatic carbocycles. The summed E-state index contributed by atoms with van der Waals surface area (Å²) in [5.74, 6) is 0.795. The lowest BCUT2D eigenvalue weighted by molar-refractivity contribution is -0.126. The van der Waals surface area contributed by atoms with E-state index in [1.54, 1.807) is 17.5 Å². The highest BCUT2D eigenvalue weighted by molar-refractivity contribution is 7.13. The molecule has 0 N–H and O–H groups in total. The molecule has 3 heterocycles. The number of aromatic nitrogens is 2. The third-order valence-electron chi connectivity index (χ3n) is 5.10. The second-order valence-electron chi connectivity index (χ2n) is 7.60. The van der Waals surface area contributed by atoms with Crippen molar-refractivity contribution in [2.75, 3.05) is 32.1 Å². The van der Waals surface area contributed by atoms with E-state index in [0.29, 0.717) is 13.0 Å². The molecule has 0 bridgehead atoms. The van der Waals surface area contributed by atoms with Gasteiger partial charge in [0.05, 0.1) is 17.1 Å². The van der Waals surface area contributed by atoms with Crippen LogP contribution in [0.2, 0.25) is 0 Å². The Bertz CT molecular complexity index is 1020. The molecule has 156 valence electrons. The van der Waals surface area contributed by atoms with Gasteiger partial charge in [-0.15, -0.1) is 11.3 Å². The first-order valence-corrected chi connectivity index (χ1v) is 11.1. The van der Waals surface area contributed by atoms with Crippen LogP contribution in [-0.2, 0) is 4.79 Å². The van der Waals surface area contributed by atoms with Crippen molar-refractivity contribution in [1.82, 2.24) is 14.9 Å². The predicted molar refractivity (Wildman–Crippen MR) is 121 cm³/mol. The van der Waals surface area contributed by atoms with E-state index in [0.717, 1.165) is 46.4 Å². The van der Waals surface area contributed by atoms with Crippen molar-refractivity contribution in [1.29, 1.82) is 0 Å². The van der Waals surface area contributed by atoms with Gasteiger partial charge in [-0.25, -0.2) is 4.98 Å². The van der Waals surface area contributed by atoms with Crippen LogP contribution in [0.15, 0.2) is 48.0 Å². The van der Waals surface area contributed by atoms with Crippen LogP contribution in [0.4, 0.5) is 5.69 Å². The van der Waals surface area contributed by atoms with Gasteiger partial charge in [-0.3, -0.25) is 9.78 Å². The van der Waals surface area contributed by atoms with Gasteiger partial charge in [-0.2, -0.15) is 0 Å². The summed E-state index contributed by atoms with van der Waals surface area (Å²) in [6.07, 6.45) is 2.91. The van der Waals surface area contributed by atoms with E-state index in [2.05, 4.69) is 9.88 Å². The largest absolute Gasteiger partial charge is 0.478 e. The summed E-state index contributed by atoms with van der Waals surface area (Å²) in [4.78, 5) is 26.2. The number of hydrogen-bond donors (Lipinski definition) is 0. The van der Waals surface area contributed by atoms with Gasteiger partial charge >= 0.3 is 0 Å². The molecule has 30 heavy (non-hydrogen) atoms. The second-order valence-corrected chi connectivity index (χ2v) is 8.45. The molecule has 1 atom stereocenters. The number of nitrogens with zero attached hydrogens (tertiary/aromatic N) is 4. The number of rotatable bonds is 7. The van der Waals surface area contributed by atoms with E-state index >= 15 is 0 Å². The van der Waals surface area contributed by atoms with Gasteiger partial charge < -0.3 is 14.5 Å². The minimum absolute atomic E-state index is 0.0355. The third-order valence-corrected chi connectivity index (χ3v) is 5.97. The van der Waals surface area contributed by atoms with Crippen molar-refractivity contribution >= 4 is 22.9 Å². The van der Waals surface area contributed by atoms with Crippen LogP contribution in [0.5, 0.6) is 5.75 Å².